The molecule has 0 amide bonds. The Morgan fingerprint density at radius 2 is 1.69 bits per heavy atom. The number of nitrogens with one attached hydrogen (secondary N) is 1. The summed E-state index contributed by atoms with van der Waals surface area (Å²) >= 11 is 6.04. The Balaban J connectivity index is 2.19. The van der Waals surface area contributed by atoms with Gasteiger partial charge in [0.15, 0.2) is 0 Å². The van der Waals surface area contributed by atoms with Gasteiger partial charge in [-0.25, -0.2) is 0 Å². The molecule has 3 rings (SSSR count). The van der Waals surface area contributed by atoms with Gasteiger partial charge in [-0.3, -0.25) is 0 Å². The molecule has 0 aliphatic heterocycles. The molecule has 1 aromatic heterocycles. The highest BCUT2D eigenvalue weighted by molar-refractivity contribution is 6.35. The molecule has 2 aromatic carbocycles. The summed E-state index contributed by atoms with van der Waals surface area (Å²) in [5, 5.41) is 1.84. The predicted octanol–water partition coefficient (Wildman–Crippen LogP) is 4.49. The number of H-pyrrole nitrogens is 1. The summed E-state index contributed by atoms with van der Waals surface area (Å²) < 4.78 is 0. The van der Waals surface area contributed by atoms with Gasteiger partial charge in [-0.2, -0.15) is 0 Å². The Hall–Kier alpha value is -1.73. The summed E-state index contributed by atoms with van der Waals surface area (Å²) in [5.74, 6) is 0. The Morgan fingerprint density at radius 1 is 0.875 bits per heavy atom. The smallest absolute Gasteiger partial charge is 0.0659 e. The van der Waals surface area contributed by atoms with Crippen LogP contribution in [0.15, 0.2) is 54.7 Å². The molecule has 0 saturated carbocycles. The van der Waals surface area contributed by atoms with Gasteiger partial charge < -0.3 is 4.98 Å². The third-order valence-corrected chi connectivity index (χ3v) is 3.05. The van der Waals surface area contributed by atoms with Crippen LogP contribution in [0.2, 0.25) is 5.02 Å². The van der Waals surface area contributed by atoms with Crippen molar-refractivity contribution in [2.24, 2.45) is 0 Å². The van der Waals surface area contributed by atoms with Crippen molar-refractivity contribution >= 4 is 22.5 Å². The number of hydrogen-bond donors (Lipinski definition) is 1. The van der Waals surface area contributed by atoms with Crippen LogP contribution in [0.25, 0.3) is 22.0 Å². The van der Waals surface area contributed by atoms with Crippen LogP contribution in [0, 0.1) is 0 Å². The van der Waals surface area contributed by atoms with Crippen molar-refractivity contribution in [3.63, 3.8) is 0 Å². The van der Waals surface area contributed by atoms with Crippen molar-refractivity contribution in [2.75, 3.05) is 0 Å². The first-order valence-electron chi connectivity index (χ1n) is 5.17. The lowest BCUT2D eigenvalue weighted by Gasteiger charge is -2.01. The molecule has 0 atom stereocenters. The zero-order chi connectivity index (χ0) is 11.0. The van der Waals surface area contributed by atoms with E-state index in [0.717, 1.165) is 15.9 Å². The fraction of sp³-hybridized carbons (Fsp3) is 0. The number of aromatic amines is 1. The van der Waals surface area contributed by atoms with Crippen LogP contribution >= 0.6 is 11.6 Å². The van der Waals surface area contributed by atoms with E-state index in [0.29, 0.717) is 0 Å². The third-order valence-electron chi connectivity index (χ3n) is 2.74. The number of aromatic nitrogens is 1. The van der Waals surface area contributed by atoms with Crippen LogP contribution < -0.4 is 0 Å². The van der Waals surface area contributed by atoms with E-state index >= 15 is 0 Å². The summed E-state index contributed by atoms with van der Waals surface area (Å²) in [6, 6.07) is 16.6. The molecule has 0 bridgehead atoms. The molecule has 2 heteroatoms. The Kier molecular flexibility index (Phi) is 2.19. The van der Waals surface area contributed by atoms with E-state index in [9.17, 15) is 0 Å². The molecule has 0 spiro atoms. The molecule has 1 nitrogen and oxygen atoms in total. The van der Waals surface area contributed by atoms with E-state index in [1.165, 1.54) is 11.1 Å². The van der Waals surface area contributed by atoms with E-state index in [-0.39, 0.29) is 0 Å². The molecule has 1 N–H and O–H groups in total. The average molecular weight is 228 g/mol. The van der Waals surface area contributed by atoms with E-state index in [2.05, 4.69) is 35.3 Å². The minimum atomic E-state index is 0.773. The maximum absolute atomic E-state index is 6.04. The van der Waals surface area contributed by atoms with Crippen LogP contribution in [0.1, 0.15) is 0 Å². The van der Waals surface area contributed by atoms with Gasteiger partial charge in [0.25, 0.3) is 0 Å². The lowest BCUT2D eigenvalue weighted by molar-refractivity contribution is 1.48. The first-order chi connectivity index (χ1) is 7.84. The van der Waals surface area contributed by atoms with Crippen molar-refractivity contribution in [1.29, 1.82) is 0 Å². The van der Waals surface area contributed by atoms with E-state index in [1.54, 1.807) is 0 Å². The van der Waals surface area contributed by atoms with E-state index < -0.39 is 0 Å². The topological polar surface area (TPSA) is 15.8 Å². The maximum atomic E-state index is 6.04. The molecular formula is C14H10ClN. The van der Waals surface area contributed by atoms with Gasteiger partial charge in [-0.15, -0.1) is 0 Å². The molecule has 3 aromatic rings. The highest BCUT2D eigenvalue weighted by Crippen LogP contribution is 2.27. The molecular weight excluding hydrogens is 218 g/mol. The van der Waals surface area contributed by atoms with Crippen molar-refractivity contribution < 1.29 is 0 Å². The second kappa shape index (κ2) is 3.69. The van der Waals surface area contributed by atoms with Crippen LogP contribution in [-0.2, 0) is 0 Å². The standard InChI is InChI=1S/C14H10ClN/c15-13-9-16-14-8-11(6-7-12(13)14)10-4-2-1-3-5-10/h1-9,16H. The molecule has 78 valence electrons. The van der Waals surface area contributed by atoms with Gasteiger partial charge in [0.2, 0.25) is 0 Å². The summed E-state index contributed by atoms with van der Waals surface area (Å²) in [5.41, 5.74) is 3.49. The first kappa shape index (κ1) is 9.49. The SMILES string of the molecule is Clc1c[nH]c2cc(-c3ccccc3)ccc12. The minimum Gasteiger partial charge on any atom is -0.360 e. The number of fused-ring (bicyclic) bond motifs is 1. The van der Waals surface area contributed by atoms with Crippen LogP contribution in [0.4, 0.5) is 0 Å². The van der Waals surface area contributed by atoms with Crippen molar-refractivity contribution in [3.05, 3.63) is 59.8 Å². The Labute approximate surface area is 98.7 Å². The van der Waals surface area contributed by atoms with Crippen molar-refractivity contribution in [1.82, 2.24) is 4.98 Å². The van der Waals surface area contributed by atoms with Crippen molar-refractivity contribution in [2.45, 2.75) is 0 Å². The fourth-order valence-corrected chi connectivity index (χ4v) is 2.12. The van der Waals surface area contributed by atoms with Crippen LogP contribution in [0.3, 0.4) is 0 Å². The number of halogens is 1. The zero-order valence-corrected chi connectivity index (χ0v) is 9.33. The Bertz CT molecular complexity index is 626. The lowest BCUT2D eigenvalue weighted by atomic mass is 10.0. The number of rotatable bonds is 1. The molecule has 1 heterocycles. The highest BCUT2D eigenvalue weighted by Gasteiger charge is 2.03. The largest absolute Gasteiger partial charge is 0.360 e. The predicted molar refractivity (Wildman–Crippen MR) is 68.7 cm³/mol. The summed E-state index contributed by atoms with van der Waals surface area (Å²) in [4.78, 5) is 3.17. The summed E-state index contributed by atoms with van der Waals surface area (Å²) in [6.45, 7) is 0. The van der Waals surface area contributed by atoms with Gasteiger partial charge in [-0.05, 0) is 17.2 Å². The first-order valence-corrected chi connectivity index (χ1v) is 5.54. The second-order valence-electron chi connectivity index (χ2n) is 3.76. The number of benzene rings is 2. The normalized spacial score (nSPS) is 10.8. The highest BCUT2D eigenvalue weighted by atomic mass is 35.5. The van der Waals surface area contributed by atoms with Gasteiger partial charge in [0.1, 0.15) is 0 Å². The van der Waals surface area contributed by atoms with Crippen LogP contribution in [0.5, 0.6) is 0 Å². The molecule has 16 heavy (non-hydrogen) atoms. The molecule has 0 saturated heterocycles. The second-order valence-corrected chi connectivity index (χ2v) is 4.17. The fourth-order valence-electron chi connectivity index (χ4n) is 1.90. The quantitative estimate of drug-likeness (QED) is 0.631. The van der Waals surface area contributed by atoms with E-state index in [4.69, 9.17) is 11.6 Å². The van der Waals surface area contributed by atoms with E-state index in [1.807, 2.05) is 24.4 Å². The summed E-state index contributed by atoms with van der Waals surface area (Å²) in [7, 11) is 0. The molecule has 0 radical (unpaired) electrons. The number of hydrogen-bond acceptors (Lipinski definition) is 0. The minimum absolute atomic E-state index is 0.773. The van der Waals surface area contributed by atoms with Gasteiger partial charge in [0.05, 0.1) is 5.02 Å². The molecule has 0 unspecified atom stereocenters. The average Bonchev–Trinajstić information content (AvgIpc) is 2.72. The Morgan fingerprint density at radius 3 is 2.50 bits per heavy atom. The summed E-state index contributed by atoms with van der Waals surface area (Å²) in [6.07, 6.45) is 1.82. The monoisotopic (exact) mass is 227 g/mol. The zero-order valence-electron chi connectivity index (χ0n) is 8.57. The van der Waals surface area contributed by atoms with Gasteiger partial charge >= 0.3 is 0 Å². The maximum Gasteiger partial charge on any atom is 0.0659 e. The van der Waals surface area contributed by atoms with Crippen molar-refractivity contribution in [3.8, 4) is 11.1 Å². The third kappa shape index (κ3) is 1.50. The van der Waals surface area contributed by atoms with Crippen LogP contribution in [-0.4, -0.2) is 4.98 Å². The molecule has 0 aliphatic carbocycles. The van der Waals surface area contributed by atoms with Gasteiger partial charge in [-0.1, -0.05) is 54.1 Å². The molecule has 0 fully saturated rings. The lowest BCUT2D eigenvalue weighted by Crippen LogP contribution is -1.76. The van der Waals surface area contributed by atoms with Gasteiger partial charge in [0, 0.05) is 17.1 Å². The molecule has 0 aliphatic rings.